The second-order valence-corrected chi connectivity index (χ2v) is 7.07. The van der Waals surface area contributed by atoms with Gasteiger partial charge in [0.05, 0.1) is 6.04 Å². The van der Waals surface area contributed by atoms with Crippen LogP contribution in [0, 0.1) is 0 Å². The zero-order valence-corrected chi connectivity index (χ0v) is 14.6. The van der Waals surface area contributed by atoms with E-state index in [1.54, 1.807) is 0 Å². The average Bonchev–Trinajstić information content (AvgIpc) is 3.25. The number of cyclic esters (lactones) is 1. The molecule has 2 fully saturated rings. The van der Waals surface area contributed by atoms with E-state index in [0.29, 0.717) is 0 Å². The highest BCUT2D eigenvalue weighted by atomic mass is 16.6. The minimum Gasteiger partial charge on any atom is -0.439 e. The second kappa shape index (κ2) is 6.92. The fraction of sp³-hybridized carbons (Fsp3) is 0.450. The summed E-state index contributed by atoms with van der Waals surface area (Å²) in [4.78, 5) is 20.2. The van der Waals surface area contributed by atoms with Gasteiger partial charge in [-0.15, -0.1) is 0 Å². The third-order valence-corrected chi connectivity index (χ3v) is 5.45. The van der Waals surface area contributed by atoms with E-state index in [1.807, 2.05) is 47.5 Å². The molecule has 4 rings (SSSR count). The number of ether oxygens (including phenoxy) is 1. The number of carbonyl (C=O) groups excluding carboxylic acids is 1. The summed E-state index contributed by atoms with van der Waals surface area (Å²) in [5.41, 5.74) is 2.33. The van der Waals surface area contributed by atoms with Crippen molar-refractivity contribution in [3.05, 3.63) is 59.9 Å². The third kappa shape index (κ3) is 3.29. The summed E-state index contributed by atoms with van der Waals surface area (Å²) >= 11 is 0. The molecule has 1 aromatic carbocycles. The van der Waals surface area contributed by atoms with Crippen LogP contribution in [0.1, 0.15) is 37.1 Å². The summed E-state index contributed by atoms with van der Waals surface area (Å²) in [7, 11) is 0. The lowest BCUT2D eigenvalue weighted by Gasteiger charge is -2.37. The first-order valence-electron chi connectivity index (χ1n) is 9.11. The molecule has 0 unspecified atom stereocenters. The van der Waals surface area contributed by atoms with Crippen LogP contribution in [0.2, 0.25) is 0 Å². The maximum atomic E-state index is 12.5. The molecule has 0 saturated carbocycles. The van der Waals surface area contributed by atoms with Crippen LogP contribution in [0.5, 0.6) is 0 Å². The normalized spacial score (nSPS) is 25.3. The molecule has 1 aromatic heterocycles. The van der Waals surface area contributed by atoms with Crippen LogP contribution >= 0.6 is 0 Å². The van der Waals surface area contributed by atoms with E-state index >= 15 is 0 Å². The molecule has 132 valence electrons. The predicted octanol–water partition coefficient (Wildman–Crippen LogP) is 3.56. The lowest BCUT2D eigenvalue weighted by molar-refractivity contribution is 0.105. The number of aromatic amines is 1. The van der Waals surface area contributed by atoms with E-state index in [-0.39, 0.29) is 24.3 Å². The van der Waals surface area contributed by atoms with Gasteiger partial charge in [0.15, 0.2) is 0 Å². The number of benzene rings is 1. The molecule has 2 saturated heterocycles. The molecule has 2 aliphatic heterocycles. The Morgan fingerprint density at radius 3 is 2.56 bits per heavy atom. The Labute approximate surface area is 148 Å². The number of nitrogens with zero attached hydrogens (tertiary/aromatic N) is 2. The highest BCUT2D eigenvalue weighted by Crippen LogP contribution is 2.35. The Balaban J connectivity index is 1.38. The molecule has 0 bridgehead atoms. The van der Waals surface area contributed by atoms with Crippen molar-refractivity contribution >= 4 is 6.09 Å². The van der Waals surface area contributed by atoms with E-state index in [0.717, 1.165) is 38.0 Å². The SMILES string of the molecule is C[C@H]1[C@@H](c2ccccc2)OC(=O)N1C1CCN(Cc2ccc[nH]2)CC1. The molecule has 1 N–H and O–H groups in total. The quantitative estimate of drug-likeness (QED) is 0.926. The molecule has 0 radical (unpaired) electrons. The van der Waals surface area contributed by atoms with E-state index in [1.165, 1.54) is 5.69 Å². The van der Waals surface area contributed by atoms with E-state index < -0.39 is 0 Å². The second-order valence-electron chi connectivity index (χ2n) is 7.07. The highest BCUT2D eigenvalue weighted by Gasteiger charge is 2.43. The minimum absolute atomic E-state index is 0.0786. The number of nitrogens with one attached hydrogen (secondary N) is 1. The topological polar surface area (TPSA) is 48.6 Å². The fourth-order valence-corrected chi connectivity index (χ4v) is 4.11. The Morgan fingerprint density at radius 2 is 1.88 bits per heavy atom. The predicted molar refractivity (Wildman–Crippen MR) is 96.1 cm³/mol. The van der Waals surface area contributed by atoms with Gasteiger partial charge in [0.2, 0.25) is 0 Å². The molecule has 1 amide bonds. The molecule has 5 heteroatoms. The van der Waals surface area contributed by atoms with Crippen molar-refractivity contribution in [2.75, 3.05) is 13.1 Å². The Hall–Kier alpha value is -2.27. The van der Waals surface area contributed by atoms with Gasteiger partial charge in [0.25, 0.3) is 0 Å². The Bertz CT molecular complexity index is 693. The molecular formula is C20H25N3O2. The van der Waals surface area contributed by atoms with Crippen molar-refractivity contribution in [2.24, 2.45) is 0 Å². The molecule has 2 aromatic rings. The summed E-state index contributed by atoms with van der Waals surface area (Å²) in [6.45, 7) is 5.08. The van der Waals surface area contributed by atoms with Crippen LogP contribution in [0.4, 0.5) is 4.79 Å². The number of hydrogen-bond donors (Lipinski definition) is 1. The minimum atomic E-state index is -0.163. The number of amides is 1. The number of piperidine rings is 1. The largest absolute Gasteiger partial charge is 0.439 e. The number of hydrogen-bond acceptors (Lipinski definition) is 3. The molecule has 0 spiro atoms. The first kappa shape index (κ1) is 16.2. The molecular weight excluding hydrogens is 314 g/mol. The lowest BCUT2D eigenvalue weighted by Crippen LogP contribution is -2.47. The van der Waals surface area contributed by atoms with Gasteiger partial charge >= 0.3 is 6.09 Å². The zero-order valence-electron chi connectivity index (χ0n) is 14.6. The van der Waals surface area contributed by atoms with Crippen molar-refractivity contribution in [1.29, 1.82) is 0 Å². The van der Waals surface area contributed by atoms with Crippen LogP contribution < -0.4 is 0 Å². The standard InChI is InChI=1S/C20H25N3O2/c1-15-19(16-6-3-2-4-7-16)25-20(24)23(15)18-9-12-22(13-10-18)14-17-8-5-11-21-17/h2-8,11,15,18-19,21H,9-10,12-14H2,1H3/t15-,19-/m0/s1. The van der Waals surface area contributed by atoms with E-state index in [4.69, 9.17) is 4.74 Å². The monoisotopic (exact) mass is 339 g/mol. The van der Waals surface area contributed by atoms with Crippen LogP contribution in [-0.2, 0) is 11.3 Å². The van der Waals surface area contributed by atoms with Gasteiger partial charge in [-0.3, -0.25) is 9.80 Å². The maximum absolute atomic E-state index is 12.5. The van der Waals surface area contributed by atoms with Gasteiger partial charge in [-0.05, 0) is 37.5 Å². The van der Waals surface area contributed by atoms with E-state index in [2.05, 4.69) is 22.9 Å². The summed E-state index contributed by atoms with van der Waals surface area (Å²) < 4.78 is 5.71. The van der Waals surface area contributed by atoms with E-state index in [9.17, 15) is 4.79 Å². The molecule has 5 nitrogen and oxygen atoms in total. The van der Waals surface area contributed by atoms with Gasteiger partial charge in [0, 0.05) is 37.6 Å². The van der Waals surface area contributed by atoms with Crippen LogP contribution in [0.3, 0.4) is 0 Å². The van der Waals surface area contributed by atoms with Gasteiger partial charge < -0.3 is 9.72 Å². The van der Waals surface area contributed by atoms with Gasteiger partial charge in [-0.1, -0.05) is 30.3 Å². The molecule has 3 heterocycles. The van der Waals surface area contributed by atoms with Crippen LogP contribution in [0.25, 0.3) is 0 Å². The lowest BCUT2D eigenvalue weighted by atomic mass is 9.98. The summed E-state index contributed by atoms with van der Waals surface area (Å²) in [6, 6.07) is 14.6. The number of likely N-dealkylation sites (tertiary alicyclic amines) is 1. The molecule has 2 atom stereocenters. The van der Waals surface area contributed by atoms with Crippen molar-refractivity contribution in [3.63, 3.8) is 0 Å². The number of rotatable bonds is 4. The third-order valence-electron chi connectivity index (χ3n) is 5.45. The first-order chi connectivity index (χ1) is 12.2. The molecule has 0 aliphatic carbocycles. The number of H-pyrrole nitrogens is 1. The Morgan fingerprint density at radius 1 is 1.12 bits per heavy atom. The number of aromatic nitrogens is 1. The zero-order chi connectivity index (χ0) is 17.2. The smallest absolute Gasteiger partial charge is 0.411 e. The van der Waals surface area contributed by atoms with Crippen molar-refractivity contribution < 1.29 is 9.53 Å². The molecule has 25 heavy (non-hydrogen) atoms. The van der Waals surface area contributed by atoms with Crippen molar-refractivity contribution in [2.45, 2.75) is 44.5 Å². The maximum Gasteiger partial charge on any atom is 0.411 e. The summed E-state index contributed by atoms with van der Waals surface area (Å²) in [6.07, 6.45) is 3.65. The molecule has 2 aliphatic rings. The first-order valence-corrected chi connectivity index (χ1v) is 9.11. The van der Waals surface area contributed by atoms with Crippen molar-refractivity contribution in [3.8, 4) is 0 Å². The van der Waals surface area contributed by atoms with Crippen molar-refractivity contribution in [1.82, 2.24) is 14.8 Å². The highest BCUT2D eigenvalue weighted by molar-refractivity contribution is 5.71. The van der Waals surface area contributed by atoms with Gasteiger partial charge in [-0.25, -0.2) is 4.79 Å². The van der Waals surface area contributed by atoms with Crippen LogP contribution in [-0.4, -0.2) is 46.1 Å². The van der Waals surface area contributed by atoms with Crippen LogP contribution in [0.15, 0.2) is 48.7 Å². The summed E-state index contributed by atoms with van der Waals surface area (Å²) in [5, 5.41) is 0. The van der Waals surface area contributed by atoms with Gasteiger partial charge in [-0.2, -0.15) is 0 Å². The fourth-order valence-electron chi connectivity index (χ4n) is 4.11. The number of carbonyl (C=O) groups is 1. The summed E-state index contributed by atoms with van der Waals surface area (Å²) in [5.74, 6) is 0. The Kier molecular flexibility index (Phi) is 4.49. The van der Waals surface area contributed by atoms with Gasteiger partial charge in [0.1, 0.15) is 6.10 Å². The average molecular weight is 339 g/mol.